The highest BCUT2D eigenvalue weighted by Crippen LogP contribution is 2.19. The van der Waals surface area contributed by atoms with E-state index >= 15 is 0 Å². The lowest BCUT2D eigenvalue weighted by Crippen LogP contribution is -2.40. The van der Waals surface area contributed by atoms with Crippen LogP contribution in [0, 0.1) is 0 Å². The maximum absolute atomic E-state index is 12.0. The first kappa shape index (κ1) is 13.3. The van der Waals surface area contributed by atoms with Crippen LogP contribution in [-0.4, -0.2) is 35.0 Å². The zero-order chi connectivity index (χ0) is 12.8. The minimum Gasteiger partial charge on any atom is -0.477 e. The van der Waals surface area contributed by atoms with Crippen molar-refractivity contribution in [3.8, 4) is 5.75 Å². The fraction of sp³-hybridized carbons (Fsp3) is 0.500. The zero-order valence-electron chi connectivity index (χ0n) is 10.5. The van der Waals surface area contributed by atoms with E-state index in [1.54, 1.807) is 30.2 Å². The number of hydrogen-bond acceptors (Lipinski definition) is 4. The first-order valence-electron chi connectivity index (χ1n) is 5.76. The number of hydrogen-bond donors (Lipinski definition) is 1. The van der Waals surface area contributed by atoms with Gasteiger partial charge in [-0.25, -0.2) is 4.98 Å². The summed E-state index contributed by atoms with van der Waals surface area (Å²) < 4.78 is 5.51. The number of pyridine rings is 1. The van der Waals surface area contributed by atoms with Crippen LogP contribution in [0.3, 0.4) is 0 Å². The average molecular weight is 237 g/mol. The largest absolute Gasteiger partial charge is 0.477 e. The maximum Gasteiger partial charge on any atom is 0.263 e. The number of nitrogens with two attached hydrogens (primary N) is 1. The van der Waals surface area contributed by atoms with Crippen LogP contribution in [0.25, 0.3) is 0 Å². The van der Waals surface area contributed by atoms with E-state index in [0.29, 0.717) is 24.7 Å². The van der Waals surface area contributed by atoms with Crippen LogP contribution >= 0.6 is 0 Å². The predicted octanol–water partition coefficient (Wildman–Crippen LogP) is 1.30. The second-order valence-electron chi connectivity index (χ2n) is 3.66. The number of aromatic nitrogens is 1. The predicted molar refractivity (Wildman–Crippen MR) is 66.7 cm³/mol. The van der Waals surface area contributed by atoms with E-state index in [4.69, 9.17) is 10.5 Å². The number of likely N-dealkylation sites (N-methyl/N-ethyl adjacent to an activating group) is 1. The van der Waals surface area contributed by atoms with Crippen LogP contribution < -0.4 is 10.5 Å². The normalized spacial score (nSPS) is 11.9. The van der Waals surface area contributed by atoms with Crippen LogP contribution in [0.4, 0.5) is 5.82 Å². The molecular weight excluding hydrogens is 218 g/mol. The molecule has 0 aromatic carbocycles. The molecule has 94 valence electrons. The molecule has 17 heavy (non-hydrogen) atoms. The lowest BCUT2D eigenvalue weighted by molar-refractivity contribution is -0.137. The molecule has 1 amide bonds. The van der Waals surface area contributed by atoms with Crippen molar-refractivity contribution in [2.75, 3.05) is 18.8 Å². The van der Waals surface area contributed by atoms with Gasteiger partial charge >= 0.3 is 0 Å². The summed E-state index contributed by atoms with van der Waals surface area (Å²) in [6.07, 6.45) is 1.03. The van der Waals surface area contributed by atoms with Crippen LogP contribution in [0.1, 0.15) is 20.8 Å². The van der Waals surface area contributed by atoms with Gasteiger partial charge in [-0.15, -0.1) is 0 Å². The average Bonchev–Trinajstić information content (AvgIpc) is 2.33. The van der Waals surface area contributed by atoms with Gasteiger partial charge in [0.2, 0.25) is 0 Å². The molecule has 0 bridgehead atoms. The lowest BCUT2D eigenvalue weighted by Gasteiger charge is -2.23. The summed E-state index contributed by atoms with van der Waals surface area (Å²) in [5.41, 5.74) is 5.65. The molecule has 0 aliphatic heterocycles. The van der Waals surface area contributed by atoms with E-state index in [1.807, 2.05) is 13.8 Å². The van der Waals surface area contributed by atoms with E-state index < -0.39 is 6.10 Å². The molecule has 0 saturated heterocycles. The van der Waals surface area contributed by atoms with Crippen LogP contribution in [0.2, 0.25) is 0 Å². The van der Waals surface area contributed by atoms with Crippen molar-refractivity contribution in [3.63, 3.8) is 0 Å². The van der Waals surface area contributed by atoms with Gasteiger partial charge in [0.15, 0.2) is 17.7 Å². The Balaban J connectivity index is 2.69. The molecule has 5 heteroatoms. The van der Waals surface area contributed by atoms with Crippen molar-refractivity contribution in [1.82, 2.24) is 9.88 Å². The Kier molecular flexibility index (Phi) is 4.75. The maximum atomic E-state index is 12.0. The SMILES string of the molecule is CCN(CC)C(=O)C(C)Oc1cccnc1N. The lowest BCUT2D eigenvalue weighted by atomic mass is 10.3. The number of anilines is 1. The highest BCUT2D eigenvalue weighted by Gasteiger charge is 2.20. The van der Waals surface area contributed by atoms with Gasteiger partial charge in [0, 0.05) is 19.3 Å². The van der Waals surface area contributed by atoms with E-state index in [-0.39, 0.29) is 5.91 Å². The summed E-state index contributed by atoms with van der Waals surface area (Å²) >= 11 is 0. The van der Waals surface area contributed by atoms with Crippen LogP contribution in [-0.2, 0) is 4.79 Å². The minimum absolute atomic E-state index is 0.0433. The summed E-state index contributed by atoms with van der Waals surface area (Å²) in [4.78, 5) is 17.6. The third-order valence-electron chi connectivity index (χ3n) is 2.53. The number of carbonyl (C=O) groups excluding carboxylic acids is 1. The highest BCUT2D eigenvalue weighted by molar-refractivity contribution is 5.81. The fourth-order valence-electron chi connectivity index (χ4n) is 1.54. The topological polar surface area (TPSA) is 68.5 Å². The van der Waals surface area contributed by atoms with Crippen molar-refractivity contribution >= 4 is 11.7 Å². The third-order valence-corrected chi connectivity index (χ3v) is 2.53. The van der Waals surface area contributed by atoms with Crippen LogP contribution in [0.15, 0.2) is 18.3 Å². The van der Waals surface area contributed by atoms with Gasteiger partial charge < -0.3 is 15.4 Å². The van der Waals surface area contributed by atoms with Gasteiger partial charge in [-0.1, -0.05) is 0 Å². The summed E-state index contributed by atoms with van der Waals surface area (Å²) in [7, 11) is 0. The van der Waals surface area contributed by atoms with Crippen molar-refractivity contribution in [3.05, 3.63) is 18.3 Å². The molecule has 1 aromatic rings. The molecule has 0 radical (unpaired) electrons. The Morgan fingerprint density at radius 1 is 1.53 bits per heavy atom. The number of nitrogens with zero attached hydrogens (tertiary/aromatic N) is 2. The summed E-state index contributed by atoms with van der Waals surface area (Å²) in [6, 6.07) is 3.43. The quantitative estimate of drug-likeness (QED) is 0.838. The molecule has 1 aromatic heterocycles. The van der Waals surface area contributed by atoms with Gasteiger partial charge in [0.25, 0.3) is 5.91 Å². The van der Waals surface area contributed by atoms with E-state index in [0.717, 1.165) is 0 Å². The Morgan fingerprint density at radius 3 is 2.71 bits per heavy atom. The molecule has 0 aliphatic rings. The summed E-state index contributed by atoms with van der Waals surface area (Å²) in [5.74, 6) is 0.699. The molecule has 0 spiro atoms. The Labute approximate surface area is 102 Å². The molecule has 1 atom stereocenters. The highest BCUT2D eigenvalue weighted by atomic mass is 16.5. The minimum atomic E-state index is -0.554. The van der Waals surface area contributed by atoms with Crippen molar-refractivity contribution in [2.45, 2.75) is 26.9 Å². The van der Waals surface area contributed by atoms with Crippen molar-refractivity contribution in [2.24, 2.45) is 0 Å². The molecule has 0 fully saturated rings. The van der Waals surface area contributed by atoms with Gasteiger partial charge in [-0.3, -0.25) is 4.79 Å². The van der Waals surface area contributed by atoms with Gasteiger partial charge in [-0.05, 0) is 32.9 Å². The molecule has 2 N–H and O–H groups in total. The Morgan fingerprint density at radius 2 is 2.18 bits per heavy atom. The van der Waals surface area contributed by atoms with Crippen molar-refractivity contribution in [1.29, 1.82) is 0 Å². The first-order chi connectivity index (χ1) is 8.10. The zero-order valence-corrected chi connectivity index (χ0v) is 10.5. The summed E-state index contributed by atoms with van der Waals surface area (Å²) in [5, 5.41) is 0. The second kappa shape index (κ2) is 6.08. The third kappa shape index (κ3) is 3.34. The van der Waals surface area contributed by atoms with E-state index in [9.17, 15) is 4.79 Å². The Bertz CT molecular complexity index is 378. The van der Waals surface area contributed by atoms with Gasteiger partial charge in [0.1, 0.15) is 0 Å². The fourth-order valence-corrected chi connectivity index (χ4v) is 1.54. The second-order valence-corrected chi connectivity index (χ2v) is 3.66. The van der Waals surface area contributed by atoms with Crippen LogP contribution in [0.5, 0.6) is 5.75 Å². The molecule has 0 saturated carbocycles. The molecule has 5 nitrogen and oxygen atoms in total. The molecule has 1 rings (SSSR count). The molecule has 0 aliphatic carbocycles. The van der Waals surface area contributed by atoms with E-state index in [2.05, 4.69) is 4.98 Å². The number of carbonyl (C=O) groups is 1. The van der Waals surface area contributed by atoms with Gasteiger partial charge in [0.05, 0.1) is 0 Å². The standard InChI is InChI=1S/C12H19N3O2/c1-4-15(5-2)12(16)9(3)17-10-7-6-8-14-11(10)13/h6-9H,4-5H2,1-3H3,(H2,13,14). The number of rotatable bonds is 5. The molecule has 1 unspecified atom stereocenters. The monoisotopic (exact) mass is 237 g/mol. The number of amides is 1. The summed E-state index contributed by atoms with van der Waals surface area (Å²) in [6.45, 7) is 6.93. The van der Waals surface area contributed by atoms with Gasteiger partial charge in [-0.2, -0.15) is 0 Å². The van der Waals surface area contributed by atoms with E-state index in [1.165, 1.54) is 0 Å². The smallest absolute Gasteiger partial charge is 0.263 e. The molecular formula is C12H19N3O2. The molecule has 1 heterocycles. The number of ether oxygens (including phenoxy) is 1. The number of nitrogen functional groups attached to an aromatic ring is 1. The Hall–Kier alpha value is -1.78. The first-order valence-corrected chi connectivity index (χ1v) is 5.76. The van der Waals surface area contributed by atoms with Crippen molar-refractivity contribution < 1.29 is 9.53 Å².